The quantitative estimate of drug-likeness (QED) is 0.552. The van der Waals surface area contributed by atoms with Crippen LogP contribution in [0.25, 0.3) is 0 Å². The van der Waals surface area contributed by atoms with Crippen LogP contribution in [0, 0.1) is 0 Å². The fourth-order valence-electron chi connectivity index (χ4n) is 2.74. The molecule has 0 bridgehead atoms. The first-order chi connectivity index (χ1) is 13.7. The Balaban J connectivity index is 1.40. The lowest BCUT2D eigenvalue weighted by Gasteiger charge is -2.18. The van der Waals surface area contributed by atoms with Gasteiger partial charge in [0.15, 0.2) is 11.5 Å². The predicted octanol–water partition coefficient (Wildman–Crippen LogP) is 3.93. The monoisotopic (exact) mass is 375 g/mol. The van der Waals surface area contributed by atoms with Gasteiger partial charge in [-0.05, 0) is 54.6 Å². The number of hydrogen-bond donors (Lipinski definition) is 1. The van der Waals surface area contributed by atoms with E-state index < -0.39 is 5.97 Å². The third kappa shape index (κ3) is 3.96. The van der Waals surface area contributed by atoms with Crippen molar-refractivity contribution >= 4 is 17.6 Å². The third-order valence-corrected chi connectivity index (χ3v) is 4.14. The highest BCUT2D eigenvalue weighted by atomic mass is 16.6. The molecule has 1 aliphatic heterocycles. The summed E-state index contributed by atoms with van der Waals surface area (Å²) in [6.07, 6.45) is 0. The van der Waals surface area contributed by atoms with Crippen molar-refractivity contribution in [3.63, 3.8) is 0 Å². The van der Waals surface area contributed by atoms with E-state index in [0.29, 0.717) is 47.3 Å². The number of anilines is 1. The van der Waals surface area contributed by atoms with Gasteiger partial charge in [-0.1, -0.05) is 18.2 Å². The van der Waals surface area contributed by atoms with E-state index in [9.17, 15) is 9.59 Å². The zero-order valence-corrected chi connectivity index (χ0v) is 14.9. The van der Waals surface area contributed by atoms with Gasteiger partial charge in [-0.3, -0.25) is 4.79 Å². The van der Waals surface area contributed by atoms with Crippen LogP contribution in [0.5, 0.6) is 17.2 Å². The molecule has 28 heavy (non-hydrogen) atoms. The van der Waals surface area contributed by atoms with Gasteiger partial charge in [-0.15, -0.1) is 0 Å². The average Bonchev–Trinajstić information content (AvgIpc) is 2.75. The number of nitrogens with one attached hydrogen (secondary N) is 1. The number of esters is 1. The van der Waals surface area contributed by atoms with Crippen molar-refractivity contribution in [3.05, 3.63) is 83.9 Å². The van der Waals surface area contributed by atoms with Crippen molar-refractivity contribution in [2.24, 2.45) is 0 Å². The molecule has 0 fully saturated rings. The summed E-state index contributed by atoms with van der Waals surface area (Å²) in [5.41, 5.74) is 1.54. The maximum Gasteiger partial charge on any atom is 0.343 e. The molecule has 3 aromatic carbocycles. The molecule has 1 amide bonds. The summed E-state index contributed by atoms with van der Waals surface area (Å²) < 4.78 is 16.3. The highest BCUT2D eigenvalue weighted by Gasteiger charge is 2.16. The third-order valence-electron chi connectivity index (χ3n) is 4.14. The SMILES string of the molecule is O=C(Nc1ccc(OC(=O)c2ccc3c(c2)OCCO3)cc1)c1ccccc1. The van der Waals surface area contributed by atoms with E-state index in [1.165, 1.54) is 0 Å². The Morgan fingerprint density at radius 2 is 1.50 bits per heavy atom. The van der Waals surface area contributed by atoms with E-state index in [-0.39, 0.29) is 5.91 Å². The van der Waals surface area contributed by atoms with Gasteiger partial charge in [-0.2, -0.15) is 0 Å². The minimum atomic E-state index is -0.502. The molecule has 0 unspecified atom stereocenters. The number of ether oxygens (including phenoxy) is 3. The van der Waals surface area contributed by atoms with Crippen molar-refractivity contribution in [3.8, 4) is 17.2 Å². The molecular weight excluding hydrogens is 358 g/mol. The summed E-state index contributed by atoms with van der Waals surface area (Å²) in [4.78, 5) is 24.5. The second-order valence-corrected chi connectivity index (χ2v) is 6.09. The van der Waals surface area contributed by atoms with Crippen LogP contribution in [0.1, 0.15) is 20.7 Å². The average molecular weight is 375 g/mol. The van der Waals surface area contributed by atoms with Gasteiger partial charge >= 0.3 is 5.97 Å². The van der Waals surface area contributed by atoms with Crippen molar-refractivity contribution in [2.45, 2.75) is 0 Å². The number of benzene rings is 3. The van der Waals surface area contributed by atoms with Crippen LogP contribution in [0.15, 0.2) is 72.8 Å². The Bertz CT molecular complexity index is 999. The first kappa shape index (κ1) is 17.6. The van der Waals surface area contributed by atoms with Gasteiger partial charge in [0.1, 0.15) is 19.0 Å². The normalized spacial score (nSPS) is 12.1. The summed E-state index contributed by atoms with van der Waals surface area (Å²) in [5.74, 6) is 0.804. The lowest BCUT2D eigenvalue weighted by Crippen LogP contribution is -2.16. The molecule has 6 nitrogen and oxygen atoms in total. The van der Waals surface area contributed by atoms with Gasteiger partial charge in [-0.25, -0.2) is 4.79 Å². The fraction of sp³-hybridized carbons (Fsp3) is 0.0909. The van der Waals surface area contributed by atoms with Gasteiger partial charge in [0, 0.05) is 11.3 Å². The summed E-state index contributed by atoms with van der Waals surface area (Å²) in [7, 11) is 0. The van der Waals surface area contributed by atoms with E-state index in [1.54, 1.807) is 66.7 Å². The van der Waals surface area contributed by atoms with Crippen molar-refractivity contribution < 1.29 is 23.8 Å². The summed E-state index contributed by atoms with van der Waals surface area (Å²) in [6.45, 7) is 0.936. The standard InChI is InChI=1S/C22H17NO5/c24-21(15-4-2-1-3-5-15)23-17-7-9-18(10-8-17)28-22(25)16-6-11-19-20(14-16)27-13-12-26-19/h1-11,14H,12-13H2,(H,23,24). The second kappa shape index (κ2) is 7.84. The molecular formula is C22H17NO5. The summed E-state index contributed by atoms with van der Waals surface area (Å²) in [6, 6.07) is 20.4. The second-order valence-electron chi connectivity index (χ2n) is 6.09. The molecule has 1 aliphatic rings. The van der Waals surface area contributed by atoms with E-state index in [0.717, 1.165) is 0 Å². The highest BCUT2D eigenvalue weighted by Crippen LogP contribution is 2.31. The maximum atomic E-state index is 12.4. The van der Waals surface area contributed by atoms with Gasteiger partial charge in [0.25, 0.3) is 5.91 Å². The summed E-state index contributed by atoms with van der Waals surface area (Å²) in [5, 5.41) is 2.79. The molecule has 1 heterocycles. The van der Waals surface area contributed by atoms with Crippen LogP contribution in [0.2, 0.25) is 0 Å². The largest absolute Gasteiger partial charge is 0.486 e. The number of amides is 1. The Kier molecular flexibility index (Phi) is 4.93. The Hall–Kier alpha value is -3.80. The lowest BCUT2D eigenvalue weighted by atomic mass is 10.2. The molecule has 0 saturated heterocycles. The molecule has 0 saturated carbocycles. The number of rotatable bonds is 4. The van der Waals surface area contributed by atoms with E-state index in [4.69, 9.17) is 14.2 Å². The Labute approximate surface area is 161 Å². The van der Waals surface area contributed by atoms with Crippen LogP contribution in [-0.4, -0.2) is 25.1 Å². The molecule has 0 aliphatic carbocycles. The van der Waals surface area contributed by atoms with Crippen LogP contribution < -0.4 is 19.5 Å². The van der Waals surface area contributed by atoms with E-state index >= 15 is 0 Å². The minimum absolute atomic E-state index is 0.207. The first-order valence-corrected chi connectivity index (χ1v) is 8.77. The molecule has 140 valence electrons. The van der Waals surface area contributed by atoms with E-state index in [2.05, 4.69) is 5.32 Å². The predicted molar refractivity (Wildman–Crippen MR) is 103 cm³/mol. The molecule has 6 heteroatoms. The van der Waals surface area contributed by atoms with E-state index in [1.807, 2.05) is 6.07 Å². The molecule has 0 spiro atoms. The Morgan fingerprint density at radius 1 is 0.786 bits per heavy atom. The van der Waals surface area contributed by atoms with Crippen LogP contribution in [0.3, 0.4) is 0 Å². The number of fused-ring (bicyclic) bond motifs is 1. The zero-order chi connectivity index (χ0) is 19.3. The van der Waals surface area contributed by atoms with Crippen LogP contribution >= 0.6 is 0 Å². The zero-order valence-electron chi connectivity index (χ0n) is 14.9. The first-order valence-electron chi connectivity index (χ1n) is 8.77. The molecule has 1 N–H and O–H groups in total. The Morgan fingerprint density at radius 3 is 2.25 bits per heavy atom. The smallest absolute Gasteiger partial charge is 0.343 e. The fourth-order valence-corrected chi connectivity index (χ4v) is 2.74. The molecule has 4 rings (SSSR count). The van der Waals surface area contributed by atoms with Crippen LogP contribution in [-0.2, 0) is 0 Å². The summed E-state index contributed by atoms with van der Waals surface area (Å²) >= 11 is 0. The molecule has 0 radical (unpaired) electrons. The van der Waals surface area contributed by atoms with Crippen molar-refractivity contribution in [1.29, 1.82) is 0 Å². The minimum Gasteiger partial charge on any atom is -0.486 e. The van der Waals surface area contributed by atoms with Gasteiger partial charge in [0.2, 0.25) is 0 Å². The molecule has 0 atom stereocenters. The van der Waals surface area contributed by atoms with Gasteiger partial charge < -0.3 is 19.5 Å². The molecule has 0 aromatic heterocycles. The number of carbonyl (C=O) groups is 2. The number of hydrogen-bond acceptors (Lipinski definition) is 5. The van der Waals surface area contributed by atoms with Crippen LogP contribution in [0.4, 0.5) is 5.69 Å². The lowest BCUT2D eigenvalue weighted by molar-refractivity contribution is 0.0733. The maximum absolute atomic E-state index is 12.4. The van der Waals surface area contributed by atoms with Crippen molar-refractivity contribution in [2.75, 3.05) is 18.5 Å². The van der Waals surface area contributed by atoms with Crippen molar-refractivity contribution in [1.82, 2.24) is 0 Å². The number of carbonyl (C=O) groups excluding carboxylic acids is 2. The highest BCUT2D eigenvalue weighted by molar-refractivity contribution is 6.04. The topological polar surface area (TPSA) is 73.9 Å². The molecule has 3 aromatic rings. The van der Waals surface area contributed by atoms with Gasteiger partial charge in [0.05, 0.1) is 5.56 Å².